The molecule has 3 heteroatoms. The van der Waals surface area contributed by atoms with Gasteiger partial charge < -0.3 is 0 Å². The standard InChI is InChI=1S/C4H6ClFO/c1-3(5)4(7)2-6/h3H,2H2,1H3. The summed E-state index contributed by atoms with van der Waals surface area (Å²) in [5.41, 5.74) is 0. The molecule has 7 heavy (non-hydrogen) atoms. The van der Waals surface area contributed by atoms with Crippen LogP contribution in [0.4, 0.5) is 4.39 Å². The average Bonchev–Trinajstić information content (AvgIpc) is 1.65. The Labute approximate surface area is 46.5 Å². The van der Waals surface area contributed by atoms with Gasteiger partial charge in [-0.3, -0.25) is 4.79 Å². The SMILES string of the molecule is CC(Cl)C(=O)CF. The maximum absolute atomic E-state index is 11.2. The van der Waals surface area contributed by atoms with Gasteiger partial charge in [0, 0.05) is 0 Å². The smallest absolute Gasteiger partial charge is 0.181 e. The van der Waals surface area contributed by atoms with Crippen molar-refractivity contribution < 1.29 is 9.18 Å². The van der Waals surface area contributed by atoms with Gasteiger partial charge >= 0.3 is 0 Å². The van der Waals surface area contributed by atoms with Crippen LogP contribution in [0.1, 0.15) is 6.92 Å². The topological polar surface area (TPSA) is 17.1 Å². The zero-order chi connectivity index (χ0) is 5.86. The van der Waals surface area contributed by atoms with Crippen LogP contribution in [0.3, 0.4) is 0 Å². The summed E-state index contributed by atoms with van der Waals surface area (Å²) in [5.74, 6) is -0.554. The third-order valence-corrected chi connectivity index (χ3v) is 0.819. The van der Waals surface area contributed by atoms with Crippen molar-refractivity contribution in [1.29, 1.82) is 0 Å². The van der Waals surface area contributed by atoms with E-state index in [9.17, 15) is 9.18 Å². The molecular weight excluding hydrogens is 118 g/mol. The van der Waals surface area contributed by atoms with Gasteiger partial charge in [-0.1, -0.05) is 0 Å². The van der Waals surface area contributed by atoms with Crippen LogP contribution in [-0.4, -0.2) is 17.8 Å². The van der Waals surface area contributed by atoms with Crippen molar-refractivity contribution in [3.63, 3.8) is 0 Å². The summed E-state index contributed by atoms with van der Waals surface area (Å²) in [6.45, 7) is 0.494. The zero-order valence-corrected chi connectivity index (χ0v) is 4.70. The molecule has 0 aliphatic rings. The van der Waals surface area contributed by atoms with Gasteiger partial charge in [-0.25, -0.2) is 4.39 Å². The molecule has 0 aromatic carbocycles. The van der Waals surface area contributed by atoms with Gasteiger partial charge in [-0.2, -0.15) is 0 Å². The Hall–Kier alpha value is -0.110. The molecule has 42 valence electrons. The van der Waals surface area contributed by atoms with Crippen molar-refractivity contribution in [3.8, 4) is 0 Å². The molecule has 1 unspecified atom stereocenters. The number of hydrogen-bond acceptors (Lipinski definition) is 1. The van der Waals surface area contributed by atoms with E-state index in [0.29, 0.717) is 0 Å². The lowest BCUT2D eigenvalue weighted by atomic mass is 10.3. The molecule has 0 amide bonds. The van der Waals surface area contributed by atoms with Crippen molar-refractivity contribution in [2.75, 3.05) is 6.67 Å². The van der Waals surface area contributed by atoms with E-state index in [1.807, 2.05) is 0 Å². The molecule has 0 aromatic rings. The minimum Gasteiger partial charge on any atom is -0.295 e. The van der Waals surface area contributed by atoms with Crippen molar-refractivity contribution in [3.05, 3.63) is 0 Å². The van der Waals surface area contributed by atoms with Gasteiger partial charge in [0.15, 0.2) is 5.78 Å². The monoisotopic (exact) mass is 124 g/mol. The second-order valence-corrected chi connectivity index (χ2v) is 1.87. The number of Topliss-reactive ketones (excluding diaryl/α,β-unsaturated/α-hetero) is 1. The largest absolute Gasteiger partial charge is 0.295 e. The molecule has 0 heterocycles. The first-order chi connectivity index (χ1) is 3.18. The second-order valence-electron chi connectivity index (χ2n) is 1.22. The molecule has 0 N–H and O–H groups in total. The summed E-state index contributed by atoms with van der Waals surface area (Å²) in [6.07, 6.45) is 0. The van der Waals surface area contributed by atoms with Crippen LogP contribution >= 0.6 is 11.6 Å². The first kappa shape index (κ1) is 6.89. The van der Waals surface area contributed by atoms with E-state index in [2.05, 4.69) is 0 Å². The van der Waals surface area contributed by atoms with Gasteiger partial charge in [-0.15, -0.1) is 11.6 Å². The van der Waals surface area contributed by atoms with Gasteiger partial charge in [0.2, 0.25) is 0 Å². The van der Waals surface area contributed by atoms with Crippen molar-refractivity contribution in [1.82, 2.24) is 0 Å². The van der Waals surface area contributed by atoms with Gasteiger partial charge in [0.25, 0.3) is 0 Å². The first-order valence-electron chi connectivity index (χ1n) is 1.91. The van der Waals surface area contributed by atoms with Crippen LogP contribution in [-0.2, 0) is 4.79 Å². The van der Waals surface area contributed by atoms with E-state index in [1.165, 1.54) is 6.92 Å². The average molecular weight is 125 g/mol. The van der Waals surface area contributed by atoms with Gasteiger partial charge in [0.05, 0.1) is 5.38 Å². The van der Waals surface area contributed by atoms with Gasteiger partial charge in [0.1, 0.15) is 6.67 Å². The summed E-state index contributed by atoms with van der Waals surface area (Å²) < 4.78 is 11.2. The van der Waals surface area contributed by atoms with E-state index in [-0.39, 0.29) is 0 Å². The van der Waals surface area contributed by atoms with E-state index >= 15 is 0 Å². The third kappa shape index (κ3) is 2.57. The lowest BCUT2D eigenvalue weighted by Crippen LogP contribution is -2.11. The molecular formula is C4H6ClFO. The quantitative estimate of drug-likeness (QED) is 0.505. The molecule has 1 atom stereocenters. The van der Waals surface area contributed by atoms with Crippen molar-refractivity contribution >= 4 is 17.4 Å². The maximum Gasteiger partial charge on any atom is 0.181 e. The Morgan fingerprint density at radius 3 is 2.43 bits per heavy atom. The molecule has 0 rings (SSSR count). The molecule has 0 aliphatic carbocycles. The zero-order valence-electron chi connectivity index (χ0n) is 3.95. The van der Waals surface area contributed by atoms with Crippen LogP contribution in [0.15, 0.2) is 0 Å². The second kappa shape index (κ2) is 2.97. The van der Waals surface area contributed by atoms with Crippen LogP contribution < -0.4 is 0 Å². The highest BCUT2D eigenvalue weighted by atomic mass is 35.5. The summed E-state index contributed by atoms with van der Waals surface area (Å²) in [5, 5.41) is -0.676. The predicted octanol–water partition coefficient (Wildman–Crippen LogP) is 1.15. The van der Waals surface area contributed by atoms with E-state index in [1.54, 1.807) is 0 Å². The number of ketones is 1. The number of hydrogen-bond donors (Lipinski definition) is 0. The molecule has 0 fully saturated rings. The normalized spacial score (nSPS) is 13.6. The number of rotatable bonds is 2. The van der Waals surface area contributed by atoms with Crippen LogP contribution in [0.25, 0.3) is 0 Å². The molecule has 0 aliphatic heterocycles. The Morgan fingerprint density at radius 1 is 2.00 bits per heavy atom. The molecule has 0 saturated carbocycles. The molecule has 0 bridgehead atoms. The van der Waals surface area contributed by atoms with E-state index in [0.717, 1.165) is 0 Å². The predicted molar refractivity (Wildman–Crippen MR) is 26.3 cm³/mol. The number of carbonyl (C=O) groups excluding carboxylic acids is 1. The summed E-state index contributed by atoms with van der Waals surface area (Å²) in [6, 6.07) is 0. The Kier molecular flexibility index (Phi) is 2.92. The van der Waals surface area contributed by atoms with E-state index < -0.39 is 17.8 Å². The van der Waals surface area contributed by atoms with Crippen LogP contribution in [0, 0.1) is 0 Å². The number of alkyl halides is 2. The highest BCUT2D eigenvalue weighted by molar-refractivity contribution is 6.30. The Bertz CT molecular complexity index is 72.1. The minimum atomic E-state index is -0.954. The van der Waals surface area contributed by atoms with Crippen molar-refractivity contribution in [2.24, 2.45) is 0 Å². The summed E-state index contributed by atoms with van der Waals surface area (Å²) in [4.78, 5) is 10.0. The number of halogens is 2. The fourth-order valence-electron chi connectivity index (χ4n) is 0.106. The van der Waals surface area contributed by atoms with Gasteiger partial charge in [-0.05, 0) is 6.92 Å². The lowest BCUT2D eigenvalue weighted by Gasteiger charge is -1.91. The first-order valence-corrected chi connectivity index (χ1v) is 2.35. The molecule has 1 nitrogen and oxygen atoms in total. The molecule has 0 aromatic heterocycles. The summed E-state index contributed by atoms with van der Waals surface area (Å²) in [7, 11) is 0. The third-order valence-electron chi connectivity index (χ3n) is 0.575. The minimum absolute atomic E-state index is 0.554. The Balaban J connectivity index is 3.35. The van der Waals surface area contributed by atoms with Crippen LogP contribution in [0.5, 0.6) is 0 Å². The highest BCUT2D eigenvalue weighted by Gasteiger charge is 2.06. The van der Waals surface area contributed by atoms with Crippen molar-refractivity contribution in [2.45, 2.75) is 12.3 Å². The van der Waals surface area contributed by atoms with E-state index in [4.69, 9.17) is 11.6 Å². The Morgan fingerprint density at radius 2 is 2.43 bits per heavy atom. The summed E-state index contributed by atoms with van der Waals surface area (Å²) >= 11 is 5.14. The molecule has 0 saturated heterocycles. The molecule has 0 radical (unpaired) electrons. The maximum atomic E-state index is 11.2. The number of carbonyl (C=O) groups is 1. The lowest BCUT2D eigenvalue weighted by molar-refractivity contribution is -0.119. The fourth-order valence-corrected chi connectivity index (χ4v) is 0.165. The highest BCUT2D eigenvalue weighted by Crippen LogP contribution is 1.94. The fraction of sp³-hybridized carbons (Fsp3) is 0.750. The van der Waals surface area contributed by atoms with Crippen LogP contribution in [0.2, 0.25) is 0 Å². The molecule has 0 spiro atoms.